The molecule has 1 aromatic heterocycles. The number of fused-ring (bicyclic) bond motifs is 1. The van der Waals surface area contributed by atoms with Gasteiger partial charge in [0.15, 0.2) is 0 Å². The van der Waals surface area contributed by atoms with Gasteiger partial charge in [-0.05, 0) is 31.0 Å². The zero-order valence-electron chi connectivity index (χ0n) is 14.9. The predicted octanol–water partition coefficient (Wildman–Crippen LogP) is 3.96. The van der Waals surface area contributed by atoms with E-state index in [-0.39, 0.29) is 0 Å². The molecule has 0 bridgehead atoms. The Balaban J connectivity index is 2.08. The summed E-state index contributed by atoms with van der Waals surface area (Å²) in [6.07, 6.45) is -0.185. The summed E-state index contributed by atoms with van der Waals surface area (Å²) >= 11 is 0. The van der Waals surface area contributed by atoms with Gasteiger partial charge in [0, 0.05) is 22.6 Å². The van der Waals surface area contributed by atoms with Gasteiger partial charge < -0.3 is 13.9 Å². The third-order valence-electron chi connectivity index (χ3n) is 4.34. The minimum atomic E-state index is -0.904. The van der Waals surface area contributed by atoms with Crippen LogP contribution < -0.4 is 10.4 Å². The standard InChI is InChI=1S/C21H20O5/c1-4-14-12-18(22)26-19-13(2)17(11-10-16(14)19)25-20(21(23)24-3)15-8-6-5-7-9-15/h5-12,20H,4H2,1-3H3. The Bertz CT molecular complexity index is 988. The second-order valence-corrected chi connectivity index (χ2v) is 5.94. The van der Waals surface area contributed by atoms with E-state index < -0.39 is 17.7 Å². The molecule has 0 spiro atoms. The lowest BCUT2D eigenvalue weighted by Crippen LogP contribution is -2.20. The van der Waals surface area contributed by atoms with Gasteiger partial charge in [0.25, 0.3) is 0 Å². The molecule has 5 nitrogen and oxygen atoms in total. The number of carbonyl (C=O) groups is 1. The molecule has 0 saturated carbocycles. The molecule has 0 amide bonds. The number of benzene rings is 2. The molecule has 0 saturated heterocycles. The second-order valence-electron chi connectivity index (χ2n) is 5.94. The van der Waals surface area contributed by atoms with Gasteiger partial charge in [0.2, 0.25) is 6.10 Å². The van der Waals surface area contributed by atoms with E-state index in [0.717, 1.165) is 17.4 Å². The molecular formula is C21H20O5. The van der Waals surface area contributed by atoms with Crippen LogP contribution in [0.4, 0.5) is 0 Å². The molecular weight excluding hydrogens is 332 g/mol. The molecule has 0 aliphatic heterocycles. The van der Waals surface area contributed by atoms with Gasteiger partial charge in [-0.2, -0.15) is 0 Å². The van der Waals surface area contributed by atoms with Crippen LogP contribution in [-0.2, 0) is 16.0 Å². The van der Waals surface area contributed by atoms with E-state index in [1.54, 1.807) is 25.1 Å². The number of ether oxygens (including phenoxy) is 2. The first-order chi connectivity index (χ1) is 12.5. The summed E-state index contributed by atoms with van der Waals surface area (Å²) in [4.78, 5) is 24.1. The van der Waals surface area contributed by atoms with Crippen molar-refractivity contribution in [3.63, 3.8) is 0 Å². The molecule has 1 unspecified atom stereocenters. The maximum absolute atomic E-state index is 12.2. The van der Waals surface area contributed by atoms with E-state index in [0.29, 0.717) is 22.5 Å². The number of hydrogen-bond donors (Lipinski definition) is 0. The van der Waals surface area contributed by atoms with Crippen molar-refractivity contribution in [1.29, 1.82) is 0 Å². The summed E-state index contributed by atoms with van der Waals surface area (Å²) in [5.41, 5.74) is 2.34. The normalized spacial score (nSPS) is 12.0. The first kappa shape index (κ1) is 17.7. The van der Waals surface area contributed by atoms with E-state index in [4.69, 9.17) is 13.9 Å². The lowest BCUT2D eigenvalue weighted by Gasteiger charge is -2.19. The van der Waals surface area contributed by atoms with Gasteiger partial charge in [-0.15, -0.1) is 0 Å². The van der Waals surface area contributed by atoms with Gasteiger partial charge >= 0.3 is 11.6 Å². The topological polar surface area (TPSA) is 65.7 Å². The molecule has 26 heavy (non-hydrogen) atoms. The molecule has 3 rings (SSSR count). The lowest BCUT2D eigenvalue weighted by atomic mass is 10.0. The number of rotatable bonds is 5. The van der Waals surface area contributed by atoms with Crippen LogP contribution in [0.15, 0.2) is 57.7 Å². The van der Waals surface area contributed by atoms with Crippen molar-refractivity contribution >= 4 is 16.9 Å². The lowest BCUT2D eigenvalue weighted by molar-refractivity contribution is -0.149. The van der Waals surface area contributed by atoms with Gasteiger partial charge in [0.05, 0.1) is 7.11 Å². The van der Waals surface area contributed by atoms with Crippen molar-refractivity contribution in [3.8, 4) is 5.75 Å². The fourth-order valence-electron chi connectivity index (χ4n) is 2.94. The number of carbonyl (C=O) groups excluding carboxylic acids is 1. The van der Waals surface area contributed by atoms with Crippen LogP contribution in [0.2, 0.25) is 0 Å². The molecule has 1 atom stereocenters. The third-order valence-corrected chi connectivity index (χ3v) is 4.34. The maximum atomic E-state index is 12.2. The number of methoxy groups -OCH3 is 1. The Labute approximate surface area is 151 Å². The maximum Gasteiger partial charge on any atom is 0.351 e. The predicted molar refractivity (Wildman–Crippen MR) is 98.4 cm³/mol. The highest BCUT2D eigenvalue weighted by atomic mass is 16.6. The Hall–Kier alpha value is -3.08. The summed E-state index contributed by atoms with van der Waals surface area (Å²) in [6, 6.07) is 14.3. The highest BCUT2D eigenvalue weighted by molar-refractivity contribution is 5.85. The molecule has 0 fully saturated rings. The van der Waals surface area contributed by atoms with Crippen molar-refractivity contribution < 1.29 is 18.7 Å². The van der Waals surface area contributed by atoms with Gasteiger partial charge in [-0.25, -0.2) is 9.59 Å². The van der Waals surface area contributed by atoms with Crippen molar-refractivity contribution in [2.45, 2.75) is 26.4 Å². The van der Waals surface area contributed by atoms with Crippen LogP contribution >= 0.6 is 0 Å². The van der Waals surface area contributed by atoms with Crippen molar-refractivity contribution in [2.75, 3.05) is 7.11 Å². The quantitative estimate of drug-likeness (QED) is 0.514. The Morgan fingerprint density at radius 1 is 1.15 bits per heavy atom. The zero-order chi connectivity index (χ0) is 18.7. The van der Waals surface area contributed by atoms with Crippen LogP contribution in [0.5, 0.6) is 5.75 Å². The molecule has 0 radical (unpaired) electrons. The SMILES string of the molecule is CCc1cc(=O)oc2c(C)c(OC(C(=O)OC)c3ccccc3)ccc12. The highest BCUT2D eigenvalue weighted by Gasteiger charge is 2.25. The molecule has 1 heterocycles. The van der Waals surface area contributed by atoms with Gasteiger partial charge in [-0.1, -0.05) is 37.3 Å². The first-order valence-corrected chi connectivity index (χ1v) is 8.41. The fraction of sp³-hybridized carbons (Fsp3) is 0.238. The van der Waals surface area contributed by atoms with Gasteiger partial charge in [0.1, 0.15) is 11.3 Å². The van der Waals surface area contributed by atoms with E-state index in [1.807, 2.05) is 31.2 Å². The van der Waals surface area contributed by atoms with E-state index in [1.165, 1.54) is 13.2 Å². The van der Waals surface area contributed by atoms with Crippen LogP contribution in [0.25, 0.3) is 11.0 Å². The van der Waals surface area contributed by atoms with Crippen LogP contribution in [0.3, 0.4) is 0 Å². The van der Waals surface area contributed by atoms with Crippen molar-refractivity contribution in [3.05, 3.63) is 75.6 Å². The average molecular weight is 352 g/mol. The zero-order valence-corrected chi connectivity index (χ0v) is 14.9. The Kier molecular flexibility index (Phi) is 5.07. The molecule has 0 aliphatic carbocycles. The Morgan fingerprint density at radius 3 is 2.54 bits per heavy atom. The minimum absolute atomic E-state index is 0.401. The molecule has 3 aromatic rings. The summed E-state index contributed by atoms with van der Waals surface area (Å²) in [7, 11) is 1.32. The molecule has 134 valence electrons. The van der Waals surface area contributed by atoms with Crippen LogP contribution in [-0.4, -0.2) is 13.1 Å². The smallest absolute Gasteiger partial charge is 0.351 e. The summed E-state index contributed by atoms with van der Waals surface area (Å²) < 4.78 is 16.3. The van der Waals surface area contributed by atoms with Gasteiger partial charge in [-0.3, -0.25) is 0 Å². The average Bonchev–Trinajstić information content (AvgIpc) is 2.67. The number of aryl methyl sites for hydroxylation is 2. The largest absolute Gasteiger partial charge is 0.474 e. The van der Waals surface area contributed by atoms with E-state index in [2.05, 4.69) is 0 Å². The highest BCUT2D eigenvalue weighted by Crippen LogP contribution is 2.32. The third kappa shape index (κ3) is 3.33. The minimum Gasteiger partial charge on any atom is -0.474 e. The second kappa shape index (κ2) is 7.44. The Morgan fingerprint density at radius 2 is 1.88 bits per heavy atom. The molecule has 0 N–H and O–H groups in total. The summed E-state index contributed by atoms with van der Waals surface area (Å²) in [5, 5.41) is 0.867. The monoisotopic (exact) mass is 352 g/mol. The fourth-order valence-corrected chi connectivity index (χ4v) is 2.94. The number of esters is 1. The molecule has 5 heteroatoms. The molecule has 0 aliphatic rings. The summed E-state index contributed by atoms with van der Waals surface area (Å²) in [5.74, 6) is -0.0346. The molecule has 2 aromatic carbocycles. The first-order valence-electron chi connectivity index (χ1n) is 8.41. The van der Waals surface area contributed by atoms with E-state index >= 15 is 0 Å². The van der Waals surface area contributed by atoms with E-state index in [9.17, 15) is 9.59 Å². The van der Waals surface area contributed by atoms with Crippen molar-refractivity contribution in [2.24, 2.45) is 0 Å². The van der Waals surface area contributed by atoms with Crippen molar-refractivity contribution in [1.82, 2.24) is 0 Å². The van der Waals surface area contributed by atoms with Crippen LogP contribution in [0, 0.1) is 6.92 Å². The summed E-state index contributed by atoms with van der Waals surface area (Å²) in [6.45, 7) is 3.79. The van der Waals surface area contributed by atoms with Crippen LogP contribution in [0.1, 0.15) is 29.7 Å². The number of hydrogen-bond acceptors (Lipinski definition) is 5.